The predicted octanol–water partition coefficient (Wildman–Crippen LogP) is 3.53. The van der Waals surface area contributed by atoms with Gasteiger partial charge in [-0.15, -0.1) is 0 Å². The molecule has 2 aromatic rings. The van der Waals surface area contributed by atoms with Crippen LogP contribution in [0.4, 0.5) is 0 Å². The number of hydrogen-bond acceptors (Lipinski definition) is 2. The number of nitrogens with one attached hydrogen (secondary N) is 1. The molecule has 0 spiro atoms. The van der Waals surface area contributed by atoms with Gasteiger partial charge in [0.1, 0.15) is 0 Å². The fraction of sp³-hybridized carbons (Fsp3) is 0.400. The molecule has 0 aliphatic carbocycles. The zero-order valence-corrected chi connectivity index (χ0v) is 11.2. The van der Waals surface area contributed by atoms with Gasteiger partial charge in [-0.05, 0) is 31.4 Å². The summed E-state index contributed by atoms with van der Waals surface area (Å²) >= 11 is 0. The highest BCUT2D eigenvalue weighted by Crippen LogP contribution is 2.27. The minimum absolute atomic E-state index is 0.351. The number of aryl methyl sites for hydroxylation is 2. The maximum atomic E-state index is 9.93. The number of rotatable bonds is 4. The van der Waals surface area contributed by atoms with Crippen molar-refractivity contribution >= 4 is 0 Å². The largest absolute Gasteiger partial charge is 0.388 e. The summed E-state index contributed by atoms with van der Waals surface area (Å²) in [6, 6.07) is 8.11. The summed E-state index contributed by atoms with van der Waals surface area (Å²) < 4.78 is 0. The maximum absolute atomic E-state index is 9.93. The lowest BCUT2D eigenvalue weighted by atomic mass is 9.99. The highest BCUT2D eigenvalue weighted by Gasteiger charge is 2.10. The van der Waals surface area contributed by atoms with E-state index in [1.807, 2.05) is 26.0 Å². The Bertz CT molecular complexity index is 494. The molecule has 0 aliphatic heterocycles. The van der Waals surface area contributed by atoms with E-state index in [9.17, 15) is 5.11 Å². The van der Waals surface area contributed by atoms with Gasteiger partial charge in [0.15, 0.2) is 0 Å². The van der Waals surface area contributed by atoms with Crippen molar-refractivity contribution in [3.63, 3.8) is 0 Å². The molecule has 0 bridgehead atoms. The standard InChI is InChI=1S/C15H20N2O/c1-4-5-14(18)12-6-8-13(9-7-12)15-10(2)16-17-11(15)3/h6-9,14,18H,4-5H2,1-3H3,(H,16,17). The first-order valence-electron chi connectivity index (χ1n) is 6.43. The van der Waals surface area contributed by atoms with Crippen LogP contribution in [0.5, 0.6) is 0 Å². The first-order valence-corrected chi connectivity index (χ1v) is 6.43. The molecule has 0 amide bonds. The van der Waals surface area contributed by atoms with Gasteiger partial charge in [-0.25, -0.2) is 0 Å². The Kier molecular flexibility index (Phi) is 3.82. The molecule has 0 fully saturated rings. The van der Waals surface area contributed by atoms with E-state index < -0.39 is 0 Å². The molecule has 0 saturated heterocycles. The Labute approximate surface area is 108 Å². The second kappa shape index (κ2) is 5.36. The number of nitrogens with zero attached hydrogens (tertiary/aromatic N) is 1. The van der Waals surface area contributed by atoms with Crippen LogP contribution in [0.2, 0.25) is 0 Å². The van der Waals surface area contributed by atoms with Crippen LogP contribution >= 0.6 is 0 Å². The van der Waals surface area contributed by atoms with E-state index in [4.69, 9.17) is 0 Å². The van der Waals surface area contributed by atoms with E-state index in [-0.39, 0.29) is 6.10 Å². The molecule has 2 N–H and O–H groups in total. The number of aromatic amines is 1. The number of aliphatic hydroxyl groups excluding tert-OH is 1. The summed E-state index contributed by atoms with van der Waals surface area (Å²) in [5.41, 5.74) is 5.38. The van der Waals surface area contributed by atoms with Crippen molar-refractivity contribution in [1.29, 1.82) is 0 Å². The molecule has 0 radical (unpaired) electrons. The van der Waals surface area contributed by atoms with Crippen molar-refractivity contribution in [3.05, 3.63) is 41.2 Å². The molecule has 3 nitrogen and oxygen atoms in total. The van der Waals surface area contributed by atoms with Crippen LogP contribution in [-0.4, -0.2) is 15.3 Å². The SMILES string of the molecule is CCCC(O)c1ccc(-c2c(C)n[nH]c2C)cc1. The van der Waals surface area contributed by atoms with Gasteiger partial charge in [0, 0.05) is 11.3 Å². The zero-order chi connectivity index (χ0) is 13.1. The normalized spacial score (nSPS) is 12.7. The van der Waals surface area contributed by atoms with E-state index >= 15 is 0 Å². The number of H-pyrrole nitrogens is 1. The van der Waals surface area contributed by atoms with E-state index in [1.165, 1.54) is 0 Å². The lowest BCUT2D eigenvalue weighted by Crippen LogP contribution is -1.96. The topological polar surface area (TPSA) is 48.9 Å². The third-order valence-corrected chi connectivity index (χ3v) is 3.27. The van der Waals surface area contributed by atoms with Gasteiger partial charge in [0.2, 0.25) is 0 Å². The van der Waals surface area contributed by atoms with Crippen molar-refractivity contribution in [2.75, 3.05) is 0 Å². The van der Waals surface area contributed by atoms with Gasteiger partial charge in [-0.2, -0.15) is 5.10 Å². The summed E-state index contributed by atoms with van der Waals surface area (Å²) in [7, 11) is 0. The van der Waals surface area contributed by atoms with Crippen LogP contribution < -0.4 is 0 Å². The molecule has 1 atom stereocenters. The van der Waals surface area contributed by atoms with Crippen molar-refractivity contribution < 1.29 is 5.11 Å². The predicted molar refractivity (Wildman–Crippen MR) is 73.4 cm³/mol. The van der Waals surface area contributed by atoms with Gasteiger partial charge in [0.05, 0.1) is 11.8 Å². The molecule has 1 aromatic heterocycles. The lowest BCUT2D eigenvalue weighted by Gasteiger charge is -2.10. The summed E-state index contributed by atoms with van der Waals surface area (Å²) in [5.74, 6) is 0. The average Bonchev–Trinajstić information content (AvgIpc) is 2.70. The third kappa shape index (κ3) is 2.46. The summed E-state index contributed by atoms with van der Waals surface area (Å²) in [6.45, 7) is 6.10. The quantitative estimate of drug-likeness (QED) is 0.864. The highest BCUT2D eigenvalue weighted by molar-refractivity contribution is 5.68. The third-order valence-electron chi connectivity index (χ3n) is 3.27. The fourth-order valence-corrected chi connectivity index (χ4v) is 2.29. The van der Waals surface area contributed by atoms with Crippen LogP contribution in [-0.2, 0) is 0 Å². The lowest BCUT2D eigenvalue weighted by molar-refractivity contribution is 0.166. The number of hydrogen-bond donors (Lipinski definition) is 2. The van der Waals surface area contributed by atoms with Crippen LogP contribution in [0.15, 0.2) is 24.3 Å². The molecule has 18 heavy (non-hydrogen) atoms. The van der Waals surface area contributed by atoms with E-state index in [0.29, 0.717) is 0 Å². The fourth-order valence-electron chi connectivity index (χ4n) is 2.29. The summed E-state index contributed by atoms with van der Waals surface area (Å²) in [4.78, 5) is 0. The Balaban J connectivity index is 2.28. The monoisotopic (exact) mass is 244 g/mol. The van der Waals surface area contributed by atoms with E-state index in [0.717, 1.165) is 40.9 Å². The smallest absolute Gasteiger partial charge is 0.0790 e. The Morgan fingerprint density at radius 1 is 1.22 bits per heavy atom. The molecule has 1 unspecified atom stereocenters. The van der Waals surface area contributed by atoms with Crippen LogP contribution in [0.25, 0.3) is 11.1 Å². The van der Waals surface area contributed by atoms with Crippen molar-refractivity contribution in [2.45, 2.75) is 39.7 Å². The van der Waals surface area contributed by atoms with Crippen molar-refractivity contribution in [2.24, 2.45) is 0 Å². The summed E-state index contributed by atoms with van der Waals surface area (Å²) in [5, 5.41) is 17.1. The Morgan fingerprint density at radius 2 is 1.89 bits per heavy atom. The van der Waals surface area contributed by atoms with Crippen LogP contribution in [0, 0.1) is 13.8 Å². The molecule has 0 aliphatic rings. The van der Waals surface area contributed by atoms with Crippen molar-refractivity contribution in [1.82, 2.24) is 10.2 Å². The average molecular weight is 244 g/mol. The van der Waals surface area contributed by atoms with Gasteiger partial charge >= 0.3 is 0 Å². The van der Waals surface area contributed by atoms with E-state index in [1.54, 1.807) is 0 Å². The van der Waals surface area contributed by atoms with Gasteiger partial charge in [-0.3, -0.25) is 5.10 Å². The molecule has 96 valence electrons. The number of aromatic nitrogens is 2. The minimum Gasteiger partial charge on any atom is -0.388 e. The Morgan fingerprint density at radius 3 is 2.39 bits per heavy atom. The summed E-state index contributed by atoms with van der Waals surface area (Å²) in [6.07, 6.45) is 1.45. The first kappa shape index (κ1) is 12.8. The van der Waals surface area contributed by atoms with Crippen molar-refractivity contribution in [3.8, 4) is 11.1 Å². The molecule has 0 saturated carbocycles. The van der Waals surface area contributed by atoms with Gasteiger partial charge in [0.25, 0.3) is 0 Å². The van der Waals surface area contributed by atoms with E-state index in [2.05, 4.69) is 29.3 Å². The molecule has 1 heterocycles. The second-order valence-corrected chi connectivity index (χ2v) is 4.74. The molecular weight excluding hydrogens is 224 g/mol. The maximum Gasteiger partial charge on any atom is 0.0790 e. The van der Waals surface area contributed by atoms with Crippen LogP contribution in [0.3, 0.4) is 0 Å². The minimum atomic E-state index is -0.351. The number of benzene rings is 1. The Hall–Kier alpha value is -1.61. The van der Waals surface area contributed by atoms with Gasteiger partial charge < -0.3 is 5.11 Å². The van der Waals surface area contributed by atoms with Crippen LogP contribution in [0.1, 0.15) is 42.8 Å². The molecule has 2 rings (SSSR count). The first-order chi connectivity index (χ1) is 8.63. The highest BCUT2D eigenvalue weighted by atomic mass is 16.3. The molecule has 3 heteroatoms. The second-order valence-electron chi connectivity index (χ2n) is 4.74. The molecular formula is C15H20N2O. The van der Waals surface area contributed by atoms with Gasteiger partial charge in [-0.1, -0.05) is 37.6 Å². The number of aliphatic hydroxyl groups is 1. The molecule has 1 aromatic carbocycles. The zero-order valence-electron chi connectivity index (χ0n) is 11.2.